The monoisotopic (exact) mass is 399 g/mol. The smallest absolute Gasteiger partial charge is 0.258 e. The number of ether oxygens (including phenoxy) is 2. The number of aromatic nitrogens is 5. The number of hydrogen-bond donors (Lipinski definition) is 2. The second kappa shape index (κ2) is 8.40. The molecule has 0 amide bonds. The minimum absolute atomic E-state index is 0.102. The minimum Gasteiger partial charge on any atom is -0.383 e. The fourth-order valence-electron chi connectivity index (χ4n) is 4.14. The van der Waals surface area contributed by atoms with Crippen LogP contribution in [0.15, 0.2) is 23.0 Å². The van der Waals surface area contributed by atoms with Gasteiger partial charge in [-0.15, -0.1) is 5.10 Å². The summed E-state index contributed by atoms with van der Waals surface area (Å²) in [7, 11) is 1.65. The molecule has 154 valence electrons. The van der Waals surface area contributed by atoms with Crippen molar-refractivity contribution in [1.82, 2.24) is 25.2 Å². The molecule has 0 unspecified atom stereocenters. The van der Waals surface area contributed by atoms with E-state index in [1.165, 1.54) is 4.90 Å². The Kier molecular flexibility index (Phi) is 5.70. The number of benzene rings is 1. The van der Waals surface area contributed by atoms with Crippen molar-refractivity contribution in [3.05, 3.63) is 51.1 Å². The summed E-state index contributed by atoms with van der Waals surface area (Å²) in [5.74, 6) is 0.674. The first-order valence-electron chi connectivity index (χ1n) is 9.90. The predicted octanol–water partition coefficient (Wildman–Crippen LogP) is -0.218. The molecule has 0 saturated carbocycles. The largest absolute Gasteiger partial charge is 0.383 e. The van der Waals surface area contributed by atoms with Gasteiger partial charge in [0.2, 0.25) is 5.82 Å². The van der Waals surface area contributed by atoms with Crippen LogP contribution in [0, 0.1) is 13.8 Å². The van der Waals surface area contributed by atoms with Gasteiger partial charge in [0.15, 0.2) is 6.04 Å². The molecule has 2 N–H and O–H groups in total. The Morgan fingerprint density at radius 2 is 2.07 bits per heavy atom. The predicted molar refractivity (Wildman–Crippen MR) is 107 cm³/mol. The van der Waals surface area contributed by atoms with Crippen LogP contribution in [0.2, 0.25) is 0 Å². The molecule has 3 aromatic rings. The average Bonchev–Trinajstić information content (AvgIpc) is 3.16. The topological polar surface area (TPSA) is 99.4 Å². The van der Waals surface area contributed by atoms with Crippen molar-refractivity contribution in [2.45, 2.75) is 26.4 Å². The van der Waals surface area contributed by atoms with E-state index in [0.29, 0.717) is 37.8 Å². The summed E-state index contributed by atoms with van der Waals surface area (Å²) in [4.78, 5) is 17.5. The van der Waals surface area contributed by atoms with Gasteiger partial charge in [-0.2, -0.15) is 0 Å². The van der Waals surface area contributed by atoms with Gasteiger partial charge >= 0.3 is 0 Å². The number of hydrogen-bond acceptors (Lipinski definition) is 6. The van der Waals surface area contributed by atoms with E-state index in [0.717, 1.165) is 35.1 Å². The summed E-state index contributed by atoms with van der Waals surface area (Å²) >= 11 is 0. The summed E-state index contributed by atoms with van der Waals surface area (Å²) in [5, 5.41) is 13.3. The second-order valence-electron chi connectivity index (χ2n) is 7.56. The van der Waals surface area contributed by atoms with Crippen LogP contribution in [0.25, 0.3) is 10.9 Å². The van der Waals surface area contributed by atoms with E-state index in [-0.39, 0.29) is 11.6 Å². The number of quaternary nitrogens is 1. The van der Waals surface area contributed by atoms with Crippen molar-refractivity contribution in [2.75, 3.05) is 40.0 Å². The highest BCUT2D eigenvalue weighted by Crippen LogP contribution is 2.22. The maximum atomic E-state index is 13.2. The zero-order chi connectivity index (χ0) is 20.4. The van der Waals surface area contributed by atoms with E-state index < -0.39 is 0 Å². The molecule has 1 atom stereocenters. The molecule has 0 radical (unpaired) electrons. The number of fused-ring (bicyclic) bond motifs is 1. The Hall–Kier alpha value is -2.62. The summed E-state index contributed by atoms with van der Waals surface area (Å²) in [6, 6.07) is 5.89. The first-order chi connectivity index (χ1) is 14.1. The van der Waals surface area contributed by atoms with Crippen LogP contribution in [0.4, 0.5) is 0 Å². The summed E-state index contributed by atoms with van der Waals surface area (Å²) in [5.41, 5.74) is 3.67. The molecule has 1 aromatic carbocycles. The molecule has 0 aliphatic carbocycles. The lowest BCUT2D eigenvalue weighted by Gasteiger charge is -2.30. The van der Waals surface area contributed by atoms with Crippen molar-refractivity contribution in [1.29, 1.82) is 0 Å². The Bertz CT molecular complexity index is 1050. The zero-order valence-corrected chi connectivity index (χ0v) is 17.1. The van der Waals surface area contributed by atoms with Gasteiger partial charge in [-0.3, -0.25) is 4.79 Å². The Labute approximate surface area is 168 Å². The molecule has 0 bridgehead atoms. The fraction of sp³-hybridized carbons (Fsp3) is 0.500. The quantitative estimate of drug-likeness (QED) is 0.595. The van der Waals surface area contributed by atoms with Gasteiger partial charge in [-0.1, -0.05) is 11.6 Å². The van der Waals surface area contributed by atoms with Gasteiger partial charge in [0, 0.05) is 7.11 Å². The third-order valence-electron chi connectivity index (χ3n) is 5.50. The molecular weight excluding hydrogens is 372 g/mol. The number of aromatic amines is 1. The Balaban J connectivity index is 1.86. The van der Waals surface area contributed by atoms with Gasteiger partial charge in [-0.25, -0.2) is 4.68 Å². The van der Waals surface area contributed by atoms with Crippen molar-refractivity contribution < 1.29 is 14.4 Å². The molecule has 1 fully saturated rings. The van der Waals surface area contributed by atoms with Gasteiger partial charge < -0.3 is 19.4 Å². The van der Waals surface area contributed by atoms with Crippen LogP contribution in [0.3, 0.4) is 0 Å². The van der Waals surface area contributed by atoms with Crippen LogP contribution in [-0.4, -0.2) is 65.2 Å². The highest BCUT2D eigenvalue weighted by Gasteiger charge is 2.35. The lowest BCUT2D eigenvalue weighted by molar-refractivity contribution is -0.933. The molecule has 9 heteroatoms. The fourth-order valence-corrected chi connectivity index (χ4v) is 4.14. The van der Waals surface area contributed by atoms with Crippen LogP contribution < -0.4 is 10.5 Å². The average molecular weight is 399 g/mol. The number of aryl methyl sites for hydroxylation is 2. The van der Waals surface area contributed by atoms with Crippen molar-refractivity contribution >= 4 is 10.9 Å². The number of methoxy groups -OCH3 is 1. The van der Waals surface area contributed by atoms with E-state index in [1.54, 1.807) is 11.8 Å². The van der Waals surface area contributed by atoms with Crippen LogP contribution in [0.5, 0.6) is 0 Å². The van der Waals surface area contributed by atoms with Crippen LogP contribution >= 0.6 is 0 Å². The van der Waals surface area contributed by atoms with Gasteiger partial charge in [0.25, 0.3) is 5.56 Å². The molecule has 2 aromatic heterocycles. The Morgan fingerprint density at radius 1 is 1.28 bits per heavy atom. The third-order valence-corrected chi connectivity index (χ3v) is 5.50. The number of rotatable bonds is 6. The standard InChI is InChI=1S/C20H26N6O3/c1-13-10-14(2)17-15(11-13)12-16(20(27)21-17)18(25-4-8-29-9-5-25)19-22-23-24-26(19)6-7-28-3/h10-12,18H,4-9H2,1-3H3,(H,21,27)/p+1/t18-/m0/s1. The third kappa shape index (κ3) is 3.93. The summed E-state index contributed by atoms with van der Waals surface area (Å²) in [6.07, 6.45) is 0. The van der Waals surface area contributed by atoms with Crippen LogP contribution in [0.1, 0.15) is 28.6 Å². The molecule has 0 spiro atoms. The molecule has 1 saturated heterocycles. The number of tetrazole rings is 1. The lowest BCUT2D eigenvalue weighted by Crippen LogP contribution is -3.14. The molecule has 9 nitrogen and oxygen atoms in total. The van der Waals surface area contributed by atoms with E-state index in [9.17, 15) is 4.79 Å². The number of nitrogens with one attached hydrogen (secondary N) is 2. The normalized spacial score (nSPS) is 16.4. The van der Waals surface area contributed by atoms with Crippen LogP contribution in [-0.2, 0) is 16.0 Å². The SMILES string of the molecule is COCCn1nnnc1[C@H](c1cc2cc(C)cc(C)c2[nH]c1=O)[NH+]1CCOCC1. The zero-order valence-electron chi connectivity index (χ0n) is 17.1. The lowest BCUT2D eigenvalue weighted by atomic mass is 10.0. The van der Waals surface area contributed by atoms with E-state index in [1.807, 2.05) is 13.0 Å². The number of nitrogens with zero attached hydrogens (tertiary/aromatic N) is 4. The molecule has 1 aliphatic rings. The second-order valence-corrected chi connectivity index (χ2v) is 7.56. The van der Waals surface area contributed by atoms with E-state index in [4.69, 9.17) is 9.47 Å². The molecule has 1 aliphatic heterocycles. The van der Waals surface area contributed by atoms with Gasteiger partial charge in [-0.05, 0) is 47.4 Å². The first-order valence-corrected chi connectivity index (χ1v) is 9.90. The maximum Gasteiger partial charge on any atom is 0.258 e. The van der Waals surface area contributed by atoms with Crippen molar-refractivity contribution in [3.8, 4) is 0 Å². The summed E-state index contributed by atoms with van der Waals surface area (Å²) in [6.45, 7) is 7.97. The minimum atomic E-state index is -0.278. The Morgan fingerprint density at radius 3 is 2.83 bits per heavy atom. The molecule has 29 heavy (non-hydrogen) atoms. The van der Waals surface area contributed by atoms with Gasteiger partial charge in [0.1, 0.15) is 13.1 Å². The van der Waals surface area contributed by atoms with E-state index >= 15 is 0 Å². The van der Waals surface area contributed by atoms with Crippen molar-refractivity contribution in [2.24, 2.45) is 0 Å². The number of morpholine rings is 1. The first kappa shape index (κ1) is 19.7. The maximum absolute atomic E-state index is 13.2. The molecular formula is C20H27N6O3+. The van der Waals surface area contributed by atoms with Crippen molar-refractivity contribution in [3.63, 3.8) is 0 Å². The van der Waals surface area contributed by atoms with E-state index in [2.05, 4.69) is 39.6 Å². The summed E-state index contributed by atoms with van der Waals surface area (Å²) < 4.78 is 12.5. The number of pyridine rings is 1. The number of H-pyrrole nitrogens is 1. The van der Waals surface area contributed by atoms with Gasteiger partial charge in [0.05, 0.1) is 37.4 Å². The molecule has 4 rings (SSSR count). The highest BCUT2D eigenvalue weighted by molar-refractivity contribution is 5.83. The highest BCUT2D eigenvalue weighted by atomic mass is 16.5. The molecule has 3 heterocycles.